The highest BCUT2D eigenvalue weighted by molar-refractivity contribution is 6.05. The van der Waals surface area contributed by atoms with Gasteiger partial charge in [0.1, 0.15) is 5.69 Å². The number of nitrogens with one attached hydrogen (secondary N) is 2. The fraction of sp³-hybridized carbons (Fsp3) is 0.348. The van der Waals surface area contributed by atoms with Gasteiger partial charge < -0.3 is 9.73 Å². The van der Waals surface area contributed by atoms with E-state index in [4.69, 9.17) is 4.42 Å². The zero-order valence-corrected chi connectivity index (χ0v) is 18.2. The second kappa shape index (κ2) is 10.1. The first-order chi connectivity index (χ1) is 14.9. The topological polar surface area (TPSA) is 110 Å². The average Bonchev–Trinajstić information content (AvgIpc) is 3.18. The van der Waals surface area contributed by atoms with Crippen LogP contribution < -0.4 is 10.6 Å². The third-order valence-corrected chi connectivity index (χ3v) is 4.72. The Bertz CT molecular complexity index is 1070. The predicted octanol–water partition coefficient (Wildman–Crippen LogP) is 3.57. The summed E-state index contributed by atoms with van der Waals surface area (Å²) in [5.41, 5.74) is 3.67. The Morgan fingerprint density at radius 2 is 1.94 bits per heavy atom. The molecule has 3 rings (SSSR count). The zero-order valence-electron chi connectivity index (χ0n) is 18.2. The zero-order chi connectivity index (χ0) is 22.4. The summed E-state index contributed by atoms with van der Waals surface area (Å²) in [5.74, 6) is 0.207. The van der Waals surface area contributed by atoms with Crippen LogP contribution in [-0.4, -0.2) is 33.4 Å². The van der Waals surface area contributed by atoms with Gasteiger partial charge in [-0.2, -0.15) is 0 Å². The number of hydrogen-bond acceptors (Lipinski definition) is 7. The molecule has 0 saturated carbocycles. The van der Waals surface area contributed by atoms with Crippen molar-refractivity contribution in [1.29, 1.82) is 0 Å². The highest BCUT2D eigenvalue weighted by atomic mass is 16.4. The predicted molar refractivity (Wildman–Crippen MR) is 118 cm³/mol. The summed E-state index contributed by atoms with van der Waals surface area (Å²) in [4.78, 5) is 29.6. The van der Waals surface area contributed by atoms with Crippen molar-refractivity contribution in [2.45, 2.75) is 40.7 Å². The molecule has 2 N–H and O–H groups in total. The Morgan fingerprint density at radius 1 is 1.13 bits per heavy atom. The van der Waals surface area contributed by atoms with Crippen molar-refractivity contribution in [3.8, 4) is 11.1 Å². The van der Waals surface area contributed by atoms with Crippen LogP contribution in [0.25, 0.3) is 11.1 Å². The number of ketones is 1. The number of pyridine rings is 1. The minimum atomic E-state index is -0.296. The summed E-state index contributed by atoms with van der Waals surface area (Å²) in [6, 6.07) is 9.92. The molecule has 1 amide bonds. The van der Waals surface area contributed by atoms with Gasteiger partial charge in [-0.3, -0.25) is 19.9 Å². The second-order valence-electron chi connectivity index (χ2n) is 7.56. The molecule has 1 aromatic carbocycles. The van der Waals surface area contributed by atoms with Crippen molar-refractivity contribution in [3.63, 3.8) is 0 Å². The van der Waals surface area contributed by atoms with Crippen LogP contribution in [0.15, 0.2) is 40.9 Å². The molecule has 0 aliphatic heterocycles. The molecule has 0 bridgehead atoms. The molecule has 2 aromatic heterocycles. The van der Waals surface area contributed by atoms with E-state index in [-0.39, 0.29) is 36.4 Å². The SMILES string of the molecule is CCc1cccc(-c2cnc(C(=O)C(C)C)c(NC(=O)CNCc3nnc(C)o3)c2)c1. The molecule has 0 aliphatic carbocycles. The maximum atomic E-state index is 12.6. The minimum Gasteiger partial charge on any atom is -0.424 e. The first-order valence-corrected chi connectivity index (χ1v) is 10.3. The van der Waals surface area contributed by atoms with E-state index >= 15 is 0 Å². The van der Waals surface area contributed by atoms with Crippen molar-refractivity contribution in [3.05, 3.63) is 59.6 Å². The molecule has 0 atom stereocenters. The van der Waals surface area contributed by atoms with Gasteiger partial charge in [-0.1, -0.05) is 45.0 Å². The number of aryl methyl sites for hydroxylation is 2. The number of amides is 1. The number of carbonyl (C=O) groups excluding carboxylic acids is 2. The van der Waals surface area contributed by atoms with Gasteiger partial charge in [0, 0.05) is 24.6 Å². The molecule has 0 radical (unpaired) electrons. The molecule has 8 heteroatoms. The van der Waals surface area contributed by atoms with Crippen LogP contribution in [0.4, 0.5) is 5.69 Å². The Labute approximate surface area is 181 Å². The normalized spacial score (nSPS) is 11.0. The standard InChI is InChI=1S/C23H27N5O3/c1-5-16-7-6-8-17(9-16)18-10-19(22(25-11-18)23(30)14(2)3)26-20(29)12-24-13-21-28-27-15(4)31-21/h6-11,14,24H,5,12-13H2,1-4H3,(H,26,29). The van der Waals surface area contributed by atoms with E-state index in [2.05, 4.69) is 44.9 Å². The van der Waals surface area contributed by atoms with Gasteiger partial charge in [0.25, 0.3) is 0 Å². The lowest BCUT2D eigenvalue weighted by Crippen LogP contribution is -2.29. The van der Waals surface area contributed by atoms with E-state index in [1.807, 2.05) is 26.0 Å². The van der Waals surface area contributed by atoms with Crippen LogP contribution in [0.5, 0.6) is 0 Å². The summed E-state index contributed by atoms with van der Waals surface area (Å²) >= 11 is 0. The van der Waals surface area contributed by atoms with E-state index in [0.717, 1.165) is 17.5 Å². The molecule has 0 fully saturated rings. The van der Waals surface area contributed by atoms with Gasteiger partial charge >= 0.3 is 0 Å². The highest BCUT2D eigenvalue weighted by Crippen LogP contribution is 2.26. The van der Waals surface area contributed by atoms with Crippen LogP contribution in [-0.2, 0) is 17.8 Å². The molecule has 8 nitrogen and oxygen atoms in total. The summed E-state index contributed by atoms with van der Waals surface area (Å²) in [5, 5.41) is 13.4. The lowest BCUT2D eigenvalue weighted by Gasteiger charge is -2.14. The Morgan fingerprint density at radius 3 is 2.61 bits per heavy atom. The monoisotopic (exact) mass is 421 g/mol. The average molecular weight is 422 g/mol. The van der Waals surface area contributed by atoms with Crippen molar-refractivity contribution in [2.75, 3.05) is 11.9 Å². The molecule has 0 unspecified atom stereocenters. The molecule has 0 aliphatic rings. The minimum absolute atomic E-state index is 0.0201. The molecular formula is C23H27N5O3. The van der Waals surface area contributed by atoms with E-state index in [1.54, 1.807) is 19.2 Å². The summed E-state index contributed by atoms with van der Waals surface area (Å²) < 4.78 is 5.27. The number of rotatable bonds is 9. The highest BCUT2D eigenvalue weighted by Gasteiger charge is 2.19. The maximum Gasteiger partial charge on any atom is 0.238 e. The van der Waals surface area contributed by atoms with Gasteiger partial charge in [-0.25, -0.2) is 0 Å². The smallest absolute Gasteiger partial charge is 0.238 e. The number of carbonyl (C=O) groups is 2. The number of benzene rings is 1. The third-order valence-electron chi connectivity index (χ3n) is 4.72. The number of aromatic nitrogens is 3. The molecular weight excluding hydrogens is 394 g/mol. The van der Waals surface area contributed by atoms with E-state index in [1.165, 1.54) is 5.56 Å². The Balaban J connectivity index is 1.79. The fourth-order valence-electron chi connectivity index (χ4n) is 3.04. The molecule has 31 heavy (non-hydrogen) atoms. The lowest BCUT2D eigenvalue weighted by atomic mass is 10.00. The largest absolute Gasteiger partial charge is 0.424 e. The van der Waals surface area contributed by atoms with Crippen molar-refractivity contribution >= 4 is 17.4 Å². The first kappa shape index (κ1) is 22.3. The van der Waals surface area contributed by atoms with Gasteiger partial charge in [0.05, 0.1) is 18.8 Å². The molecule has 0 saturated heterocycles. The van der Waals surface area contributed by atoms with E-state index in [9.17, 15) is 9.59 Å². The van der Waals surface area contributed by atoms with E-state index < -0.39 is 0 Å². The van der Waals surface area contributed by atoms with Gasteiger partial charge in [-0.05, 0) is 23.6 Å². The lowest BCUT2D eigenvalue weighted by molar-refractivity contribution is -0.115. The van der Waals surface area contributed by atoms with Gasteiger partial charge in [-0.15, -0.1) is 10.2 Å². The Hall–Kier alpha value is -3.39. The van der Waals surface area contributed by atoms with Crippen molar-refractivity contribution in [2.24, 2.45) is 5.92 Å². The quantitative estimate of drug-likeness (QED) is 0.508. The number of anilines is 1. The van der Waals surface area contributed by atoms with Gasteiger partial charge in [0.2, 0.25) is 17.7 Å². The van der Waals surface area contributed by atoms with Crippen LogP contribution >= 0.6 is 0 Å². The van der Waals surface area contributed by atoms with Crippen LogP contribution in [0.1, 0.15) is 48.6 Å². The fourth-order valence-corrected chi connectivity index (χ4v) is 3.04. The summed E-state index contributed by atoms with van der Waals surface area (Å²) in [6.07, 6.45) is 2.59. The summed E-state index contributed by atoms with van der Waals surface area (Å²) in [6.45, 7) is 7.70. The van der Waals surface area contributed by atoms with Crippen LogP contribution in [0.3, 0.4) is 0 Å². The van der Waals surface area contributed by atoms with Crippen molar-refractivity contribution < 1.29 is 14.0 Å². The summed E-state index contributed by atoms with van der Waals surface area (Å²) in [7, 11) is 0. The number of hydrogen-bond donors (Lipinski definition) is 2. The molecule has 0 spiro atoms. The Kier molecular flexibility index (Phi) is 7.25. The first-order valence-electron chi connectivity index (χ1n) is 10.3. The van der Waals surface area contributed by atoms with Crippen molar-refractivity contribution in [1.82, 2.24) is 20.5 Å². The number of nitrogens with zero attached hydrogens (tertiary/aromatic N) is 3. The number of Topliss-reactive ketones (excluding diaryl/α,β-unsaturated/α-hetero) is 1. The van der Waals surface area contributed by atoms with Crippen LogP contribution in [0, 0.1) is 12.8 Å². The van der Waals surface area contributed by atoms with E-state index in [0.29, 0.717) is 17.5 Å². The molecule has 2 heterocycles. The molecule has 162 valence electrons. The van der Waals surface area contributed by atoms with Gasteiger partial charge in [0.15, 0.2) is 5.78 Å². The maximum absolute atomic E-state index is 12.6. The third kappa shape index (κ3) is 5.82. The van der Waals surface area contributed by atoms with Crippen LogP contribution in [0.2, 0.25) is 0 Å². The second-order valence-corrected chi connectivity index (χ2v) is 7.56. The molecule has 3 aromatic rings.